The van der Waals surface area contributed by atoms with Crippen LogP contribution in [0.2, 0.25) is 0 Å². The molecule has 5 rings (SSSR count). The van der Waals surface area contributed by atoms with Crippen LogP contribution in [0, 0.1) is 12.8 Å². The van der Waals surface area contributed by atoms with Gasteiger partial charge in [0, 0.05) is 41.0 Å². The topological polar surface area (TPSA) is 254 Å². The van der Waals surface area contributed by atoms with E-state index >= 15 is 0 Å². The lowest BCUT2D eigenvalue weighted by Gasteiger charge is -2.50. The fourth-order valence-corrected chi connectivity index (χ4v) is 7.39. The standard InChI is InChI=1S/C29H27N5O11S2/c1-11-3-13-4-18(35)19(36)5-14(13)8-33(11)9-16-12(2)47-26-15(25(40)34(26)24(16)28(43)44)6-20(37)23(17-10-46-29(30)31-17)32-45-21(27(41)42)7-22(38)39/h3-5,8,10,12,15,21,26H,6-7,9H2,1-2H3,(H6,30,31,36,38,39,41,42,43,44)/p+1/b32-23-/t12-,15+,21-,26+/m0/s1. The van der Waals surface area contributed by atoms with Crippen LogP contribution in [0.5, 0.6) is 11.5 Å². The Balaban J connectivity index is 1.41. The Hall–Kier alpha value is -5.23. The van der Waals surface area contributed by atoms with Gasteiger partial charge in [0.05, 0.1) is 17.7 Å². The van der Waals surface area contributed by atoms with E-state index in [1.807, 2.05) is 0 Å². The fraction of sp³-hybridized carbons (Fsp3) is 0.310. The molecule has 0 saturated carbocycles. The van der Waals surface area contributed by atoms with Crippen molar-refractivity contribution in [2.45, 2.75) is 50.0 Å². The number of anilines is 1. The number of pyridine rings is 1. The molecule has 4 heterocycles. The molecule has 0 unspecified atom stereocenters. The quantitative estimate of drug-likeness (QED) is 0.0519. The highest BCUT2D eigenvalue weighted by Gasteiger charge is 2.56. The number of nitrogens with two attached hydrogens (primary N) is 1. The van der Waals surface area contributed by atoms with Gasteiger partial charge in [0.25, 0.3) is 0 Å². The van der Waals surface area contributed by atoms with Gasteiger partial charge in [-0.3, -0.25) is 19.3 Å². The number of hydrogen-bond acceptors (Lipinski definition) is 13. The number of phenolic OH excluding ortho intramolecular Hbond substituents is 2. The maximum Gasteiger partial charge on any atom is 0.352 e. The molecule has 2 aromatic heterocycles. The lowest BCUT2D eigenvalue weighted by atomic mass is 9.88. The first-order valence-electron chi connectivity index (χ1n) is 13.9. The number of aryl methyl sites for hydroxylation is 1. The molecule has 246 valence electrons. The molecule has 0 aliphatic carbocycles. The third-order valence-electron chi connectivity index (χ3n) is 7.71. The van der Waals surface area contributed by atoms with E-state index in [-0.39, 0.29) is 34.6 Å². The van der Waals surface area contributed by atoms with E-state index in [4.69, 9.17) is 15.7 Å². The lowest BCUT2D eigenvalue weighted by Crippen LogP contribution is -2.63. The van der Waals surface area contributed by atoms with Gasteiger partial charge < -0.3 is 36.1 Å². The van der Waals surface area contributed by atoms with Gasteiger partial charge in [-0.1, -0.05) is 5.16 Å². The number of oxime groups is 1. The zero-order valence-corrected chi connectivity index (χ0v) is 26.3. The number of carboxylic acids is 3. The van der Waals surface area contributed by atoms with Crippen LogP contribution in [0.4, 0.5) is 5.13 Å². The minimum atomic E-state index is -1.91. The summed E-state index contributed by atoms with van der Waals surface area (Å²) in [4.78, 5) is 72.1. The number of carboxylic acid groups (broad SMARTS) is 3. The number of Topliss-reactive ketones (excluding diaryl/α,β-unsaturated/α-hetero) is 1. The Morgan fingerprint density at radius 3 is 2.40 bits per heavy atom. The molecule has 47 heavy (non-hydrogen) atoms. The number of aliphatic carboxylic acids is 3. The Morgan fingerprint density at radius 1 is 1.13 bits per heavy atom. The van der Waals surface area contributed by atoms with E-state index in [1.165, 1.54) is 29.3 Å². The van der Waals surface area contributed by atoms with Gasteiger partial charge in [0.1, 0.15) is 11.4 Å². The largest absolute Gasteiger partial charge is 0.504 e. The minimum Gasteiger partial charge on any atom is -0.504 e. The number of β-lactam (4-membered cyclic amide) rings is 1. The number of aromatic hydroxyl groups is 2. The second kappa shape index (κ2) is 12.9. The Kier molecular flexibility index (Phi) is 9.08. The molecule has 1 fully saturated rings. The molecule has 2 aliphatic rings. The van der Waals surface area contributed by atoms with Crippen LogP contribution < -0.4 is 10.3 Å². The summed E-state index contributed by atoms with van der Waals surface area (Å²) in [6, 6.07) is 4.58. The first kappa shape index (κ1) is 33.1. The number of amides is 1. The van der Waals surface area contributed by atoms with E-state index in [9.17, 15) is 44.4 Å². The molecule has 7 N–H and O–H groups in total. The number of carbonyl (C=O) groups is 5. The maximum absolute atomic E-state index is 13.5. The second-order valence-electron chi connectivity index (χ2n) is 10.8. The Bertz CT molecular complexity index is 1910. The SMILES string of the molecule is Cc1cc2cc(O)c(O)cc2c[n+]1CC1=C(C(=O)O)N2C(=O)[C@@H](CC(=O)/C(=N\O[C@@H](CC(=O)O)C(=O)O)c3csc(N)n3)[C@H]2S[C@H]1C. The molecule has 1 aromatic carbocycles. The summed E-state index contributed by atoms with van der Waals surface area (Å²) >= 11 is 2.25. The molecular weight excluding hydrogens is 658 g/mol. The van der Waals surface area contributed by atoms with Crippen LogP contribution in [0.1, 0.15) is 31.2 Å². The van der Waals surface area contributed by atoms with Crippen molar-refractivity contribution in [3.63, 3.8) is 0 Å². The van der Waals surface area contributed by atoms with Crippen molar-refractivity contribution in [3.8, 4) is 11.5 Å². The number of fused-ring (bicyclic) bond motifs is 2. The molecule has 0 bridgehead atoms. The molecular formula is C29H28N5O11S2+. The van der Waals surface area contributed by atoms with Gasteiger partial charge in [-0.05, 0) is 24.4 Å². The van der Waals surface area contributed by atoms with Crippen LogP contribution in [0.15, 0.2) is 46.2 Å². The average Bonchev–Trinajstić information content (AvgIpc) is 3.42. The number of hydrogen-bond donors (Lipinski definition) is 6. The van der Waals surface area contributed by atoms with Gasteiger partial charge in [-0.25, -0.2) is 14.6 Å². The van der Waals surface area contributed by atoms with E-state index in [1.54, 1.807) is 30.7 Å². The number of rotatable bonds is 12. The third-order valence-corrected chi connectivity index (χ3v) is 9.89. The smallest absolute Gasteiger partial charge is 0.352 e. The predicted molar refractivity (Wildman–Crippen MR) is 165 cm³/mol. The molecule has 0 radical (unpaired) electrons. The molecule has 0 spiro atoms. The summed E-state index contributed by atoms with van der Waals surface area (Å²) in [5.41, 5.74) is 6.12. The summed E-state index contributed by atoms with van der Waals surface area (Å²) in [6.45, 7) is 3.68. The highest BCUT2D eigenvalue weighted by molar-refractivity contribution is 8.00. The molecule has 4 atom stereocenters. The van der Waals surface area contributed by atoms with Crippen molar-refractivity contribution in [3.05, 3.63) is 52.4 Å². The van der Waals surface area contributed by atoms with Crippen molar-refractivity contribution in [2.75, 3.05) is 5.73 Å². The summed E-state index contributed by atoms with van der Waals surface area (Å²) in [5, 5.41) is 53.5. The van der Waals surface area contributed by atoms with Crippen LogP contribution in [-0.2, 0) is 35.4 Å². The summed E-state index contributed by atoms with van der Waals surface area (Å²) in [5.74, 6) is -7.38. The van der Waals surface area contributed by atoms with Gasteiger partial charge in [-0.2, -0.15) is 4.57 Å². The van der Waals surface area contributed by atoms with E-state index in [2.05, 4.69) is 10.1 Å². The third kappa shape index (κ3) is 6.54. The first-order valence-corrected chi connectivity index (χ1v) is 15.7. The first-order chi connectivity index (χ1) is 22.2. The van der Waals surface area contributed by atoms with Gasteiger partial charge in [0.2, 0.25) is 12.0 Å². The molecule has 16 nitrogen and oxygen atoms in total. The van der Waals surface area contributed by atoms with E-state index < -0.39 is 70.8 Å². The molecule has 1 amide bonds. The van der Waals surface area contributed by atoms with E-state index in [0.717, 1.165) is 21.9 Å². The fourth-order valence-electron chi connectivity index (χ4n) is 5.34. The minimum absolute atomic E-state index is 0.0570. The molecule has 2 aliphatic heterocycles. The second-order valence-corrected chi connectivity index (χ2v) is 13.2. The van der Waals surface area contributed by atoms with Crippen molar-refractivity contribution >= 4 is 74.3 Å². The number of phenols is 2. The predicted octanol–water partition coefficient (Wildman–Crippen LogP) is 1.45. The molecule has 18 heteroatoms. The zero-order chi connectivity index (χ0) is 34.3. The van der Waals surface area contributed by atoms with Crippen molar-refractivity contribution in [1.29, 1.82) is 0 Å². The van der Waals surface area contributed by atoms with Crippen molar-refractivity contribution in [2.24, 2.45) is 11.1 Å². The number of thioether (sulfide) groups is 1. The number of thiazole rings is 1. The normalized spacial score (nSPS) is 20.0. The molecule has 1 saturated heterocycles. The van der Waals surface area contributed by atoms with Crippen LogP contribution in [0.3, 0.4) is 0 Å². The zero-order valence-electron chi connectivity index (χ0n) is 24.7. The van der Waals surface area contributed by atoms with Gasteiger partial charge in [-0.15, -0.1) is 23.1 Å². The number of carbonyl (C=O) groups excluding carboxylic acids is 2. The number of nitrogen functional groups attached to an aromatic ring is 1. The van der Waals surface area contributed by atoms with Crippen molar-refractivity contribution in [1.82, 2.24) is 9.88 Å². The number of ketones is 1. The highest BCUT2D eigenvalue weighted by atomic mass is 32.2. The van der Waals surface area contributed by atoms with Crippen LogP contribution >= 0.6 is 23.1 Å². The number of aromatic nitrogens is 2. The number of benzene rings is 1. The monoisotopic (exact) mass is 686 g/mol. The average molecular weight is 687 g/mol. The summed E-state index contributed by atoms with van der Waals surface area (Å²) in [7, 11) is 0. The maximum atomic E-state index is 13.5. The van der Waals surface area contributed by atoms with E-state index in [0.29, 0.717) is 16.3 Å². The lowest BCUT2D eigenvalue weighted by molar-refractivity contribution is -0.693. The number of nitrogens with zero attached hydrogens (tertiary/aromatic N) is 4. The Labute approximate surface area is 273 Å². The summed E-state index contributed by atoms with van der Waals surface area (Å²) in [6.07, 6.45) is -1.60. The summed E-state index contributed by atoms with van der Waals surface area (Å²) < 4.78 is 1.77. The molecule has 3 aromatic rings. The van der Waals surface area contributed by atoms with Crippen LogP contribution in [-0.4, -0.2) is 87.5 Å². The Morgan fingerprint density at radius 2 is 1.81 bits per heavy atom. The van der Waals surface area contributed by atoms with Gasteiger partial charge >= 0.3 is 17.9 Å². The highest BCUT2D eigenvalue weighted by Crippen LogP contribution is 2.48. The van der Waals surface area contributed by atoms with Crippen molar-refractivity contribution < 1.29 is 58.9 Å². The van der Waals surface area contributed by atoms with Gasteiger partial charge in [0.15, 0.2) is 46.6 Å². The van der Waals surface area contributed by atoms with Crippen LogP contribution in [0.25, 0.3) is 10.8 Å².